The smallest absolute Gasteiger partial charge is 0.227 e. The molecule has 0 aromatic heterocycles. The van der Waals surface area contributed by atoms with Crippen LogP contribution in [0.4, 0.5) is 0 Å². The normalized spacial score (nSPS) is 18.9. The lowest BCUT2D eigenvalue weighted by atomic mass is 9.98. The molecule has 0 aliphatic carbocycles. The molecule has 1 fully saturated rings. The van der Waals surface area contributed by atoms with Gasteiger partial charge in [-0.05, 0) is 43.4 Å². The van der Waals surface area contributed by atoms with Gasteiger partial charge in [0.2, 0.25) is 5.91 Å². The van der Waals surface area contributed by atoms with E-state index in [-0.39, 0.29) is 18.6 Å². The van der Waals surface area contributed by atoms with Gasteiger partial charge in [-0.1, -0.05) is 12.1 Å². The molecule has 1 aromatic rings. The number of amides is 1. The number of ether oxygens (including phenoxy) is 1. The SMILES string of the molecule is COc1cccc(CC(=O)N2CCCCC2CCO)c1. The molecule has 1 saturated heterocycles. The molecule has 1 aromatic carbocycles. The Bertz CT molecular complexity index is 445. The van der Waals surface area contributed by atoms with Gasteiger partial charge in [0.05, 0.1) is 13.5 Å². The van der Waals surface area contributed by atoms with Crippen LogP contribution >= 0.6 is 0 Å². The van der Waals surface area contributed by atoms with Gasteiger partial charge in [0.25, 0.3) is 0 Å². The molecule has 1 atom stereocenters. The molecule has 0 spiro atoms. The first kappa shape index (κ1) is 14.9. The number of nitrogens with zero attached hydrogens (tertiary/aromatic N) is 1. The lowest BCUT2D eigenvalue weighted by molar-refractivity contribution is -0.134. The summed E-state index contributed by atoms with van der Waals surface area (Å²) in [4.78, 5) is 14.4. The summed E-state index contributed by atoms with van der Waals surface area (Å²) in [6, 6.07) is 7.84. The molecule has 1 unspecified atom stereocenters. The highest BCUT2D eigenvalue weighted by atomic mass is 16.5. The quantitative estimate of drug-likeness (QED) is 0.895. The van der Waals surface area contributed by atoms with Crippen molar-refractivity contribution in [2.75, 3.05) is 20.3 Å². The maximum atomic E-state index is 12.5. The number of carbonyl (C=O) groups is 1. The van der Waals surface area contributed by atoms with E-state index in [1.54, 1.807) is 7.11 Å². The Hall–Kier alpha value is -1.55. The van der Waals surface area contributed by atoms with Crippen molar-refractivity contribution in [3.8, 4) is 5.75 Å². The third-order valence-electron chi connectivity index (χ3n) is 3.90. The fraction of sp³-hybridized carbons (Fsp3) is 0.562. The van der Waals surface area contributed by atoms with E-state index in [1.165, 1.54) is 0 Å². The molecule has 20 heavy (non-hydrogen) atoms. The van der Waals surface area contributed by atoms with E-state index in [2.05, 4.69) is 0 Å². The minimum Gasteiger partial charge on any atom is -0.497 e. The number of rotatable bonds is 5. The predicted molar refractivity (Wildman–Crippen MR) is 77.8 cm³/mol. The van der Waals surface area contributed by atoms with Gasteiger partial charge < -0.3 is 14.7 Å². The van der Waals surface area contributed by atoms with Crippen molar-refractivity contribution in [2.24, 2.45) is 0 Å². The van der Waals surface area contributed by atoms with E-state index in [4.69, 9.17) is 9.84 Å². The molecule has 1 N–H and O–H groups in total. The maximum Gasteiger partial charge on any atom is 0.227 e. The molecule has 0 bridgehead atoms. The number of hydrogen-bond donors (Lipinski definition) is 1. The fourth-order valence-electron chi connectivity index (χ4n) is 2.84. The van der Waals surface area contributed by atoms with Gasteiger partial charge in [-0.2, -0.15) is 0 Å². The van der Waals surface area contributed by atoms with E-state index < -0.39 is 0 Å². The summed E-state index contributed by atoms with van der Waals surface area (Å²) < 4.78 is 5.18. The first-order valence-corrected chi connectivity index (χ1v) is 7.28. The summed E-state index contributed by atoms with van der Waals surface area (Å²) in [5, 5.41) is 9.12. The van der Waals surface area contributed by atoms with Gasteiger partial charge >= 0.3 is 0 Å². The largest absolute Gasteiger partial charge is 0.497 e. The van der Waals surface area contributed by atoms with Gasteiger partial charge in [-0.25, -0.2) is 0 Å². The van der Waals surface area contributed by atoms with E-state index in [1.807, 2.05) is 29.2 Å². The molecule has 1 aliphatic rings. The Kier molecular flexibility index (Phi) is 5.41. The third-order valence-corrected chi connectivity index (χ3v) is 3.90. The monoisotopic (exact) mass is 277 g/mol. The van der Waals surface area contributed by atoms with Crippen LogP contribution in [0, 0.1) is 0 Å². The van der Waals surface area contributed by atoms with E-state index in [0.29, 0.717) is 12.8 Å². The van der Waals surface area contributed by atoms with Gasteiger partial charge in [0, 0.05) is 19.2 Å². The third kappa shape index (κ3) is 3.73. The molecule has 4 heteroatoms. The van der Waals surface area contributed by atoms with Crippen LogP contribution in [-0.2, 0) is 11.2 Å². The molecule has 4 nitrogen and oxygen atoms in total. The van der Waals surface area contributed by atoms with Crippen LogP contribution < -0.4 is 4.74 Å². The van der Waals surface area contributed by atoms with Crippen molar-refractivity contribution >= 4 is 5.91 Å². The fourth-order valence-corrected chi connectivity index (χ4v) is 2.84. The van der Waals surface area contributed by atoms with Crippen molar-refractivity contribution in [1.29, 1.82) is 0 Å². The Morgan fingerprint density at radius 2 is 2.30 bits per heavy atom. The highest BCUT2D eigenvalue weighted by Crippen LogP contribution is 2.21. The second-order valence-corrected chi connectivity index (χ2v) is 5.28. The van der Waals surface area contributed by atoms with Crippen molar-refractivity contribution in [3.63, 3.8) is 0 Å². The Labute approximate surface area is 120 Å². The number of aliphatic hydroxyl groups excluding tert-OH is 1. The number of benzene rings is 1. The number of carbonyl (C=O) groups excluding carboxylic acids is 1. The highest BCUT2D eigenvalue weighted by Gasteiger charge is 2.26. The zero-order chi connectivity index (χ0) is 14.4. The first-order valence-electron chi connectivity index (χ1n) is 7.28. The molecule has 0 saturated carbocycles. The Morgan fingerprint density at radius 3 is 3.05 bits per heavy atom. The summed E-state index contributed by atoms with van der Waals surface area (Å²) in [5.74, 6) is 0.928. The minimum absolute atomic E-state index is 0.146. The van der Waals surface area contributed by atoms with Crippen molar-refractivity contribution in [2.45, 2.75) is 38.1 Å². The first-order chi connectivity index (χ1) is 9.74. The molecular weight excluding hydrogens is 254 g/mol. The minimum atomic E-state index is 0.146. The number of likely N-dealkylation sites (tertiary alicyclic amines) is 1. The average molecular weight is 277 g/mol. The zero-order valence-electron chi connectivity index (χ0n) is 12.0. The summed E-state index contributed by atoms with van der Waals surface area (Å²) in [7, 11) is 1.63. The lowest BCUT2D eigenvalue weighted by Gasteiger charge is -2.35. The topological polar surface area (TPSA) is 49.8 Å². The molecule has 1 aliphatic heterocycles. The van der Waals surface area contributed by atoms with Gasteiger partial charge in [-0.15, -0.1) is 0 Å². The summed E-state index contributed by atoms with van der Waals surface area (Å²) in [6.45, 7) is 0.959. The summed E-state index contributed by atoms with van der Waals surface area (Å²) in [6.07, 6.45) is 4.30. The van der Waals surface area contributed by atoms with E-state index >= 15 is 0 Å². The van der Waals surface area contributed by atoms with Crippen molar-refractivity contribution in [3.05, 3.63) is 29.8 Å². The number of methoxy groups -OCH3 is 1. The second-order valence-electron chi connectivity index (χ2n) is 5.28. The highest BCUT2D eigenvalue weighted by molar-refractivity contribution is 5.79. The van der Waals surface area contributed by atoms with Crippen LogP contribution in [0.3, 0.4) is 0 Å². The summed E-state index contributed by atoms with van der Waals surface area (Å²) in [5.41, 5.74) is 0.975. The standard InChI is InChI=1S/C16H23NO3/c1-20-15-7-4-5-13(11-15)12-16(19)17-9-3-2-6-14(17)8-10-18/h4-5,7,11,14,18H,2-3,6,8-10,12H2,1H3. The molecule has 1 amide bonds. The van der Waals surface area contributed by atoms with Crippen LogP contribution in [0.5, 0.6) is 5.75 Å². The molecule has 110 valence electrons. The van der Waals surface area contributed by atoms with E-state index in [9.17, 15) is 4.79 Å². The Morgan fingerprint density at radius 1 is 1.45 bits per heavy atom. The average Bonchev–Trinajstić information content (AvgIpc) is 2.48. The lowest BCUT2D eigenvalue weighted by Crippen LogP contribution is -2.44. The van der Waals surface area contributed by atoms with E-state index in [0.717, 1.165) is 37.1 Å². The number of hydrogen-bond acceptors (Lipinski definition) is 3. The predicted octanol–water partition coefficient (Wildman–Crippen LogP) is 2.00. The van der Waals surface area contributed by atoms with Gasteiger partial charge in [-0.3, -0.25) is 4.79 Å². The van der Waals surface area contributed by atoms with Crippen molar-refractivity contribution in [1.82, 2.24) is 4.90 Å². The molecule has 0 radical (unpaired) electrons. The summed E-state index contributed by atoms with van der Waals surface area (Å²) >= 11 is 0. The Balaban J connectivity index is 2.01. The van der Waals surface area contributed by atoms with Crippen LogP contribution in [-0.4, -0.2) is 42.2 Å². The number of piperidine rings is 1. The van der Waals surface area contributed by atoms with Crippen LogP contribution in [0.15, 0.2) is 24.3 Å². The van der Waals surface area contributed by atoms with Gasteiger partial charge in [0.15, 0.2) is 0 Å². The molecule has 2 rings (SSSR count). The van der Waals surface area contributed by atoms with Crippen molar-refractivity contribution < 1.29 is 14.6 Å². The zero-order valence-corrected chi connectivity index (χ0v) is 12.0. The van der Waals surface area contributed by atoms with Crippen LogP contribution in [0.2, 0.25) is 0 Å². The second kappa shape index (κ2) is 7.29. The molecule has 1 heterocycles. The molecular formula is C16H23NO3. The van der Waals surface area contributed by atoms with Crippen LogP contribution in [0.1, 0.15) is 31.2 Å². The van der Waals surface area contributed by atoms with Crippen LogP contribution in [0.25, 0.3) is 0 Å². The van der Waals surface area contributed by atoms with Gasteiger partial charge in [0.1, 0.15) is 5.75 Å². The number of aliphatic hydroxyl groups is 1. The maximum absolute atomic E-state index is 12.5.